The van der Waals surface area contributed by atoms with Crippen LogP contribution in [0.15, 0.2) is 91.0 Å². The van der Waals surface area contributed by atoms with Gasteiger partial charge in [-0.2, -0.15) is 13.2 Å². The molecule has 4 rings (SSSR count). The molecule has 0 radical (unpaired) electrons. The maximum atomic E-state index is 13.5. The molecule has 232 valence electrons. The van der Waals surface area contributed by atoms with Crippen LogP contribution in [0, 0.1) is 23.3 Å². The Hall–Kier alpha value is -4.19. The van der Waals surface area contributed by atoms with Gasteiger partial charge in [0.1, 0.15) is 8.07 Å². The van der Waals surface area contributed by atoms with Gasteiger partial charge in [-0.1, -0.05) is 102 Å². The van der Waals surface area contributed by atoms with Crippen LogP contribution in [0.5, 0.6) is 0 Å². The lowest BCUT2D eigenvalue weighted by Crippen LogP contribution is -2.43. The summed E-state index contributed by atoms with van der Waals surface area (Å²) in [6.45, 7) is 13.7. The number of rotatable bonds is 6. The first kappa shape index (κ1) is 33.7. The monoisotopic (exact) mass is 621 g/mol. The highest BCUT2D eigenvalue weighted by Gasteiger charge is 2.41. The molecule has 45 heavy (non-hydrogen) atoms. The van der Waals surface area contributed by atoms with Crippen LogP contribution in [0.1, 0.15) is 63.8 Å². The highest BCUT2D eigenvalue weighted by molar-refractivity contribution is 6.90. The number of benzene rings is 4. The van der Waals surface area contributed by atoms with Crippen LogP contribution in [-0.2, 0) is 6.18 Å². The molecule has 0 saturated carbocycles. The predicted octanol–water partition coefficient (Wildman–Crippen LogP) is 11.1. The van der Waals surface area contributed by atoms with E-state index in [0.717, 1.165) is 51.2 Å². The van der Waals surface area contributed by atoms with E-state index in [4.69, 9.17) is 0 Å². The summed E-state index contributed by atoms with van der Waals surface area (Å²) in [5.41, 5.74) is 11.5. The molecule has 0 unspecified atom stereocenters. The van der Waals surface area contributed by atoms with E-state index in [-0.39, 0.29) is 0 Å². The fraction of sp³-hybridized carbons (Fsp3) is 0.300. The molecule has 0 aromatic heterocycles. The minimum Gasteiger partial charge on any atom is -0.378 e. The second-order valence-corrected chi connectivity index (χ2v) is 18.3. The van der Waals surface area contributed by atoms with E-state index in [9.17, 15) is 13.2 Å². The van der Waals surface area contributed by atoms with E-state index in [2.05, 4.69) is 100 Å². The zero-order chi connectivity index (χ0) is 32.9. The minimum absolute atomic E-state index is 0.457. The summed E-state index contributed by atoms with van der Waals surface area (Å²) < 4.78 is 40.4. The van der Waals surface area contributed by atoms with Gasteiger partial charge in [-0.15, -0.1) is 5.54 Å². The SMILES string of the molecule is CC(C)[Si](C#Cc1cc(-c2ccc(C(F)(F)F)cc2)c(C#Cc2ccccc2)cc1-c1ccc(N(C)C)cc1)(C(C)C)C(C)C. The standard InChI is InChI=1S/C40H42F3NSi/c1-28(2)45(29(3)4,30(5)6)25-24-35-27-38(32-16-20-36(21-17-32)40(41,42)43)34(15-14-31-12-10-9-11-13-31)26-39(35)33-18-22-37(23-19-33)44(7)8/h9-13,16-23,26-30H,1-8H3. The van der Waals surface area contributed by atoms with Crippen LogP contribution in [-0.4, -0.2) is 22.2 Å². The van der Waals surface area contributed by atoms with E-state index in [0.29, 0.717) is 22.2 Å². The van der Waals surface area contributed by atoms with E-state index < -0.39 is 19.8 Å². The normalized spacial score (nSPS) is 11.7. The van der Waals surface area contributed by atoms with Crippen molar-refractivity contribution in [2.75, 3.05) is 19.0 Å². The summed E-state index contributed by atoms with van der Waals surface area (Å²) in [6.07, 6.45) is -4.41. The van der Waals surface area contributed by atoms with Gasteiger partial charge in [0.15, 0.2) is 0 Å². The lowest BCUT2D eigenvalue weighted by atomic mass is 9.90. The smallest absolute Gasteiger partial charge is 0.378 e. The molecule has 0 N–H and O–H groups in total. The fourth-order valence-corrected chi connectivity index (χ4v) is 11.5. The Morgan fingerprint density at radius 2 is 1.07 bits per heavy atom. The molecule has 0 amide bonds. The number of alkyl halides is 3. The van der Waals surface area contributed by atoms with Crippen LogP contribution >= 0.6 is 0 Å². The van der Waals surface area contributed by atoms with Crippen LogP contribution in [0.3, 0.4) is 0 Å². The molecule has 0 saturated heterocycles. The van der Waals surface area contributed by atoms with Crippen molar-refractivity contribution in [3.63, 3.8) is 0 Å². The van der Waals surface area contributed by atoms with Gasteiger partial charge in [-0.3, -0.25) is 0 Å². The second kappa shape index (κ2) is 13.8. The highest BCUT2D eigenvalue weighted by Crippen LogP contribution is 2.41. The molecule has 0 aliphatic heterocycles. The molecule has 4 aromatic carbocycles. The Morgan fingerprint density at radius 3 is 1.51 bits per heavy atom. The minimum atomic E-state index is -4.41. The van der Waals surface area contributed by atoms with Crippen LogP contribution in [0.4, 0.5) is 18.9 Å². The molecule has 1 nitrogen and oxygen atoms in total. The van der Waals surface area contributed by atoms with Gasteiger partial charge in [-0.05, 0) is 87.4 Å². The molecule has 0 spiro atoms. The summed E-state index contributed by atoms with van der Waals surface area (Å²) in [5, 5.41) is 0. The van der Waals surface area contributed by atoms with Crippen LogP contribution in [0.2, 0.25) is 16.6 Å². The first-order chi connectivity index (χ1) is 21.2. The molecule has 0 aliphatic carbocycles. The second-order valence-electron chi connectivity index (χ2n) is 12.7. The van der Waals surface area contributed by atoms with E-state index in [1.807, 2.05) is 50.5 Å². The van der Waals surface area contributed by atoms with Crippen molar-refractivity contribution in [1.82, 2.24) is 0 Å². The van der Waals surface area contributed by atoms with Crippen molar-refractivity contribution in [1.29, 1.82) is 0 Å². The first-order valence-electron chi connectivity index (χ1n) is 15.5. The molecule has 0 bridgehead atoms. The summed E-state index contributed by atoms with van der Waals surface area (Å²) in [7, 11) is 1.94. The summed E-state index contributed by atoms with van der Waals surface area (Å²) >= 11 is 0. The van der Waals surface area contributed by atoms with Crippen molar-refractivity contribution in [3.8, 4) is 45.6 Å². The number of hydrogen-bond acceptors (Lipinski definition) is 1. The lowest BCUT2D eigenvalue weighted by Gasteiger charge is -2.38. The molecule has 0 aliphatic rings. The Kier molecular flexibility index (Phi) is 10.4. The highest BCUT2D eigenvalue weighted by atomic mass is 28.3. The zero-order valence-corrected chi connectivity index (χ0v) is 28.5. The van der Waals surface area contributed by atoms with Gasteiger partial charge in [0, 0.05) is 36.5 Å². The van der Waals surface area contributed by atoms with E-state index in [1.165, 1.54) is 12.1 Å². The Bertz CT molecular complexity index is 1700. The maximum Gasteiger partial charge on any atom is 0.416 e. The zero-order valence-electron chi connectivity index (χ0n) is 27.5. The number of anilines is 1. The van der Waals surface area contributed by atoms with E-state index >= 15 is 0 Å². The topological polar surface area (TPSA) is 3.24 Å². The molecule has 5 heteroatoms. The van der Waals surface area contributed by atoms with Crippen molar-refractivity contribution in [2.45, 2.75) is 64.3 Å². The third-order valence-corrected chi connectivity index (χ3v) is 15.1. The summed E-state index contributed by atoms with van der Waals surface area (Å²) in [6, 6.07) is 27.5. The molecule has 0 heterocycles. The number of nitrogens with zero attached hydrogens (tertiary/aromatic N) is 1. The summed E-state index contributed by atoms with van der Waals surface area (Å²) in [5.74, 6) is 10.3. The Morgan fingerprint density at radius 1 is 0.600 bits per heavy atom. The molecular weight excluding hydrogens is 580 g/mol. The van der Waals surface area contributed by atoms with Gasteiger partial charge in [-0.25, -0.2) is 0 Å². The Balaban J connectivity index is 2.04. The van der Waals surface area contributed by atoms with Gasteiger partial charge in [0.2, 0.25) is 0 Å². The van der Waals surface area contributed by atoms with Crippen LogP contribution < -0.4 is 4.90 Å². The first-order valence-corrected chi connectivity index (χ1v) is 17.7. The third-order valence-electron chi connectivity index (χ3n) is 8.77. The van der Waals surface area contributed by atoms with Crippen molar-refractivity contribution in [2.24, 2.45) is 0 Å². The van der Waals surface area contributed by atoms with Crippen molar-refractivity contribution < 1.29 is 13.2 Å². The molecule has 4 aromatic rings. The van der Waals surface area contributed by atoms with Gasteiger partial charge in [0.05, 0.1) is 5.56 Å². The van der Waals surface area contributed by atoms with Gasteiger partial charge in [0.25, 0.3) is 0 Å². The molecular formula is C40H42F3NSi. The largest absolute Gasteiger partial charge is 0.416 e. The maximum absolute atomic E-state index is 13.5. The van der Waals surface area contributed by atoms with Crippen molar-refractivity contribution >= 4 is 13.8 Å². The van der Waals surface area contributed by atoms with Crippen LogP contribution in [0.25, 0.3) is 22.3 Å². The van der Waals surface area contributed by atoms with Gasteiger partial charge < -0.3 is 4.90 Å². The third kappa shape index (κ3) is 7.55. The number of hydrogen-bond donors (Lipinski definition) is 0. The average Bonchev–Trinajstić information content (AvgIpc) is 3.00. The molecule has 0 fully saturated rings. The predicted molar refractivity (Wildman–Crippen MR) is 187 cm³/mol. The average molecular weight is 622 g/mol. The molecule has 0 atom stereocenters. The number of halogens is 3. The fourth-order valence-electron chi connectivity index (χ4n) is 6.33. The quantitative estimate of drug-likeness (QED) is 0.153. The van der Waals surface area contributed by atoms with Crippen molar-refractivity contribution in [3.05, 3.63) is 113 Å². The van der Waals surface area contributed by atoms with Gasteiger partial charge >= 0.3 is 6.18 Å². The van der Waals surface area contributed by atoms with E-state index in [1.54, 1.807) is 0 Å². The lowest BCUT2D eigenvalue weighted by molar-refractivity contribution is -0.137. The summed E-state index contributed by atoms with van der Waals surface area (Å²) in [4.78, 5) is 2.06. The Labute approximate surface area is 268 Å².